The SMILES string of the molecule is CC(C)C(C)C(=O)NCc1cnc[nH]1. The van der Waals surface area contributed by atoms with Gasteiger partial charge in [0, 0.05) is 12.1 Å². The van der Waals surface area contributed by atoms with Crippen LogP contribution in [0.3, 0.4) is 0 Å². The summed E-state index contributed by atoms with van der Waals surface area (Å²) in [4.78, 5) is 18.3. The molecule has 4 heteroatoms. The first-order chi connectivity index (χ1) is 6.61. The Hall–Kier alpha value is -1.32. The van der Waals surface area contributed by atoms with Crippen LogP contribution >= 0.6 is 0 Å². The molecule has 0 aliphatic heterocycles. The van der Waals surface area contributed by atoms with E-state index in [4.69, 9.17) is 0 Å². The second-order valence-corrected chi connectivity index (χ2v) is 3.83. The number of nitrogens with one attached hydrogen (secondary N) is 2. The standard InChI is InChI=1S/C10H17N3O/c1-7(2)8(3)10(14)12-5-9-4-11-6-13-9/h4,6-8H,5H2,1-3H3,(H,11,13)(H,12,14). The molecule has 1 aromatic rings. The van der Waals surface area contributed by atoms with Gasteiger partial charge in [-0.3, -0.25) is 4.79 Å². The zero-order valence-corrected chi connectivity index (χ0v) is 8.87. The van der Waals surface area contributed by atoms with Gasteiger partial charge in [-0.2, -0.15) is 0 Å². The number of hydrogen-bond acceptors (Lipinski definition) is 2. The van der Waals surface area contributed by atoms with Gasteiger partial charge >= 0.3 is 0 Å². The number of H-pyrrole nitrogens is 1. The van der Waals surface area contributed by atoms with Crippen molar-refractivity contribution in [2.75, 3.05) is 0 Å². The van der Waals surface area contributed by atoms with Crippen LogP contribution in [0, 0.1) is 11.8 Å². The number of carbonyl (C=O) groups is 1. The van der Waals surface area contributed by atoms with E-state index in [9.17, 15) is 4.79 Å². The van der Waals surface area contributed by atoms with Crippen LogP contribution in [0.15, 0.2) is 12.5 Å². The van der Waals surface area contributed by atoms with E-state index < -0.39 is 0 Å². The molecule has 1 amide bonds. The Labute approximate surface area is 84.1 Å². The second-order valence-electron chi connectivity index (χ2n) is 3.83. The lowest BCUT2D eigenvalue weighted by Gasteiger charge is -2.14. The Kier molecular flexibility index (Phi) is 3.68. The predicted octanol–water partition coefficient (Wildman–Crippen LogP) is 1.32. The average molecular weight is 195 g/mol. The molecule has 0 saturated heterocycles. The largest absolute Gasteiger partial charge is 0.350 e. The molecule has 1 unspecified atom stereocenters. The summed E-state index contributed by atoms with van der Waals surface area (Å²) < 4.78 is 0. The fourth-order valence-electron chi connectivity index (χ4n) is 1.03. The van der Waals surface area contributed by atoms with Crippen molar-refractivity contribution in [1.29, 1.82) is 0 Å². The average Bonchev–Trinajstić information content (AvgIpc) is 2.65. The monoisotopic (exact) mass is 195 g/mol. The molecule has 2 N–H and O–H groups in total. The van der Waals surface area contributed by atoms with Crippen LogP contribution in [0.4, 0.5) is 0 Å². The molecule has 0 spiro atoms. The quantitative estimate of drug-likeness (QED) is 0.761. The Morgan fingerprint density at radius 1 is 1.57 bits per heavy atom. The molecule has 0 bridgehead atoms. The third-order valence-corrected chi connectivity index (χ3v) is 2.42. The van der Waals surface area contributed by atoms with Crippen molar-refractivity contribution in [2.45, 2.75) is 27.3 Å². The first-order valence-corrected chi connectivity index (χ1v) is 4.86. The van der Waals surface area contributed by atoms with Crippen molar-refractivity contribution < 1.29 is 4.79 Å². The molecule has 1 aromatic heterocycles. The number of hydrogen-bond donors (Lipinski definition) is 2. The maximum atomic E-state index is 11.5. The lowest BCUT2D eigenvalue weighted by atomic mass is 9.97. The number of nitrogens with zero attached hydrogens (tertiary/aromatic N) is 1. The summed E-state index contributed by atoms with van der Waals surface area (Å²) in [5.74, 6) is 0.518. The topological polar surface area (TPSA) is 57.8 Å². The summed E-state index contributed by atoms with van der Waals surface area (Å²) in [5.41, 5.74) is 0.925. The summed E-state index contributed by atoms with van der Waals surface area (Å²) in [6, 6.07) is 0. The normalized spacial score (nSPS) is 12.9. The minimum Gasteiger partial charge on any atom is -0.350 e. The number of aromatic amines is 1. The number of aromatic nitrogens is 2. The molecule has 14 heavy (non-hydrogen) atoms. The molecule has 0 aromatic carbocycles. The number of amides is 1. The van der Waals surface area contributed by atoms with Crippen molar-refractivity contribution in [1.82, 2.24) is 15.3 Å². The molecule has 1 rings (SSSR count). The van der Waals surface area contributed by atoms with Crippen molar-refractivity contribution in [3.8, 4) is 0 Å². The van der Waals surface area contributed by atoms with E-state index >= 15 is 0 Å². The van der Waals surface area contributed by atoms with Gasteiger partial charge in [-0.25, -0.2) is 4.98 Å². The molecule has 0 aliphatic carbocycles. The van der Waals surface area contributed by atoms with Gasteiger partial charge in [0.1, 0.15) is 0 Å². The van der Waals surface area contributed by atoms with Gasteiger partial charge in [0.2, 0.25) is 5.91 Å². The zero-order valence-electron chi connectivity index (χ0n) is 8.87. The fraction of sp³-hybridized carbons (Fsp3) is 0.600. The highest BCUT2D eigenvalue weighted by Gasteiger charge is 2.15. The third-order valence-electron chi connectivity index (χ3n) is 2.42. The van der Waals surface area contributed by atoms with Crippen LogP contribution in [-0.4, -0.2) is 15.9 Å². The summed E-state index contributed by atoms with van der Waals surface area (Å²) in [5, 5.41) is 2.86. The highest BCUT2D eigenvalue weighted by molar-refractivity contribution is 5.78. The first-order valence-electron chi connectivity index (χ1n) is 4.86. The predicted molar refractivity (Wildman–Crippen MR) is 54.4 cm³/mol. The van der Waals surface area contributed by atoms with Gasteiger partial charge in [0.05, 0.1) is 18.6 Å². The van der Waals surface area contributed by atoms with Crippen molar-refractivity contribution in [3.63, 3.8) is 0 Å². The summed E-state index contributed by atoms with van der Waals surface area (Å²) in [6.07, 6.45) is 3.31. The number of imidazole rings is 1. The number of rotatable bonds is 4. The van der Waals surface area contributed by atoms with Crippen molar-refractivity contribution in [3.05, 3.63) is 18.2 Å². The van der Waals surface area contributed by atoms with Gasteiger partial charge in [-0.15, -0.1) is 0 Å². The maximum absolute atomic E-state index is 11.5. The molecule has 0 radical (unpaired) electrons. The Morgan fingerprint density at radius 3 is 2.79 bits per heavy atom. The molecular weight excluding hydrogens is 178 g/mol. The molecule has 78 valence electrons. The van der Waals surface area contributed by atoms with Crippen LogP contribution in [0.2, 0.25) is 0 Å². The third kappa shape index (κ3) is 2.87. The second kappa shape index (κ2) is 4.79. The van der Waals surface area contributed by atoms with E-state index in [0.717, 1.165) is 5.69 Å². The summed E-state index contributed by atoms with van der Waals surface area (Å²) in [7, 11) is 0. The lowest BCUT2D eigenvalue weighted by molar-refractivity contribution is -0.125. The van der Waals surface area contributed by atoms with Gasteiger partial charge < -0.3 is 10.3 Å². The van der Waals surface area contributed by atoms with Gasteiger partial charge in [0.25, 0.3) is 0 Å². The highest BCUT2D eigenvalue weighted by atomic mass is 16.1. The Morgan fingerprint density at radius 2 is 2.29 bits per heavy atom. The van der Waals surface area contributed by atoms with Crippen molar-refractivity contribution in [2.24, 2.45) is 11.8 Å². The number of carbonyl (C=O) groups excluding carboxylic acids is 1. The van der Waals surface area contributed by atoms with Crippen LogP contribution in [0.1, 0.15) is 26.5 Å². The first kappa shape index (κ1) is 10.8. The lowest BCUT2D eigenvalue weighted by Crippen LogP contribution is -2.31. The van der Waals surface area contributed by atoms with Gasteiger partial charge in [-0.05, 0) is 5.92 Å². The Bertz CT molecular complexity index is 280. The van der Waals surface area contributed by atoms with E-state index in [-0.39, 0.29) is 11.8 Å². The van der Waals surface area contributed by atoms with E-state index in [1.54, 1.807) is 12.5 Å². The van der Waals surface area contributed by atoms with Crippen LogP contribution < -0.4 is 5.32 Å². The van der Waals surface area contributed by atoms with Crippen molar-refractivity contribution >= 4 is 5.91 Å². The smallest absolute Gasteiger partial charge is 0.223 e. The van der Waals surface area contributed by atoms with Crippen LogP contribution in [0.5, 0.6) is 0 Å². The summed E-state index contributed by atoms with van der Waals surface area (Å²) in [6.45, 7) is 6.55. The molecule has 4 nitrogen and oxygen atoms in total. The van der Waals surface area contributed by atoms with E-state index in [1.165, 1.54) is 0 Å². The van der Waals surface area contributed by atoms with Crippen LogP contribution in [0.25, 0.3) is 0 Å². The van der Waals surface area contributed by atoms with Gasteiger partial charge in [-0.1, -0.05) is 20.8 Å². The fourth-order valence-corrected chi connectivity index (χ4v) is 1.03. The van der Waals surface area contributed by atoms with E-state index in [1.807, 2.05) is 20.8 Å². The Balaban J connectivity index is 2.35. The molecule has 0 aliphatic rings. The van der Waals surface area contributed by atoms with Gasteiger partial charge in [0.15, 0.2) is 0 Å². The minimum absolute atomic E-state index is 0.0536. The highest BCUT2D eigenvalue weighted by Crippen LogP contribution is 2.09. The molecule has 1 heterocycles. The molecular formula is C10H17N3O. The molecule has 0 fully saturated rings. The maximum Gasteiger partial charge on any atom is 0.223 e. The van der Waals surface area contributed by atoms with Crippen LogP contribution in [-0.2, 0) is 11.3 Å². The summed E-state index contributed by atoms with van der Waals surface area (Å²) >= 11 is 0. The molecule has 0 saturated carbocycles. The molecule has 1 atom stereocenters. The zero-order chi connectivity index (χ0) is 10.6. The minimum atomic E-state index is 0.0536. The van der Waals surface area contributed by atoms with E-state index in [2.05, 4.69) is 15.3 Å². The van der Waals surface area contributed by atoms with E-state index in [0.29, 0.717) is 12.5 Å².